The molecule has 1 atom stereocenters. The standard InChI is InChI=1S/C14H25NO/c1-10(9-16-15)5-14-6-11-2-12(7-14)4-13(3-11)8-14/h10-13H,2-9,15H2,1H3. The van der Waals surface area contributed by atoms with Gasteiger partial charge in [0, 0.05) is 0 Å². The van der Waals surface area contributed by atoms with Gasteiger partial charge < -0.3 is 4.84 Å². The van der Waals surface area contributed by atoms with Crippen molar-refractivity contribution in [3.05, 3.63) is 0 Å². The third-order valence-corrected chi connectivity index (χ3v) is 5.33. The topological polar surface area (TPSA) is 35.2 Å². The molecule has 0 radical (unpaired) electrons. The summed E-state index contributed by atoms with van der Waals surface area (Å²) < 4.78 is 0. The lowest BCUT2D eigenvalue weighted by Crippen LogP contribution is -2.46. The van der Waals surface area contributed by atoms with Crippen LogP contribution in [0.15, 0.2) is 0 Å². The zero-order chi connectivity index (χ0) is 11.2. The molecule has 2 nitrogen and oxygen atoms in total. The summed E-state index contributed by atoms with van der Waals surface area (Å²) in [5.74, 6) is 9.04. The highest BCUT2D eigenvalue weighted by atomic mass is 16.6. The molecule has 0 heterocycles. The van der Waals surface area contributed by atoms with Crippen molar-refractivity contribution in [1.29, 1.82) is 0 Å². The van der Waals surface area contributed by atoms with Crippen LogP contribution in [-0.2, 0) is 4.84 Å². The molecule has 4 rings (SSSR count). The molecule has 1 unspecified atom stereocenters. The summed E-state index contributed by atoms with van der Waals surface area (Å²) in [6, 6.07) is 0. The van der Waals surface area contributed by atoms with Gasteiger partial charge in [-0.15, -0.1) is 0 Å². The van der Waals surface area contributed by atoms with Crippen molar-refractivity contribution in [2.45, 2.75) is 51.9 Å². The molecule has 0 aliphatic heterocycles. The van der Waals surface area contributed by atoms with Crippen LogP contribution < -0.4 is 5.90 Å². The third-order valence-electron chi connectivity index (χ3n) is 5.33. The molecular formula is C14H25NO. The first-order valence-corrected chi connectivity index (χ1v) is 7.01. The second-order valence-corrected chi connectivity index (χ2v) is 7.06. The Kier molecular flexibility index (Phi) is 2.75. The Balaban J connectivity index is 1.68. The van der Waals surface area contributed by atoms with Crippen LogP contribution in [0.4, 0.5) is 0 Å². The van der Waals surface area contributed by atoms with Crippen molar-refractivity contribution < 1.29 is 4.84 Å². The fraction of sp³-hybridized carbons (Fsp3) is 1.00. The summed E-state index contributed by atoms with van der Waals surface area (Å²) in [6.07, 6.45) is 10.5. The molecule has 0 aromatic carbocycles. The molecule has 4 bridgehead atoms. The number of hydrogen-bond donors (Lipinski definition) is 1. The van der Waals surface area contributed by atoms with Gasteiger partial charge in [0.15, 0.2) is 0 Å². The van der Waals surface area contributed by atoms with E-state index in [1.54, 1.807) is 19.3 Å². The van der Waals surface area contributed by atoms with E-state index in [4.69, 9.17) is 10.7 Å². The van der Waals surface area contributed by atoms with Crippen molar-refractivity contribution in [3.63, 3.8) is 0 Å². The van der Waals surface area contributed by atoms with E-state index >= 15 is 0 Å². The van der Waals surface area contributed by atoms with Crippen LogP contribution in [0.5, 0.6) is 0 Å². The number of nitrogens with two attached hydrogens (primary N) is 1. The highest BCUT2D eigenvalue weighted by molar-refractivity contribution is 5.01. The summed E-state index contributed by atoms with van der Waals surface area (Å²) in [5, 5.41) is 0. The first-order valence-electron chi connectivity index (χ1n) is 7.01. The maximum absolute atomic E-state index is 5.20. The highest BCUT2D eigenvalue weighted by Gasteiger charge is 2.50. The summed E-state index contributed by atoms with van der Waals surface area (Å²) in [5.41, 5.74) is 0.687. The third kappa shape index (κ3) is 1.91. The minimum absolute atomic E-state index is 0.640. The lowest BCUT2D eigenvalue weighted by atomic mass is 9.48. The van der Waals surface area contributed by atoms with E-state index in [2.05, 4.69) is 6.92 Å². The number of hydrogen-bond acceptors (Lipinski definition) is 2. The number of rotatable bonds is 4. The smallest absolute Gasteiger partial charge is 0.0704 e. The minimum atomic E-state index is 0.640. The van der Waals surface area contributed by atoms with E-state index in [0.717, 1.165) is 24.4 Å². The largest absolute Gasteiger partial charge is 0.304 e. The molecule has 0 aromatic heterocycles. The summed E-state index contributed by atoms with van der Waals surface area (Å²) in [7, 11) is 0. The van der Waals surface area contributed by atoms with Crippen LogP contribution in [-0.4, -0.2) is 6.61 Å². The molecule has 0 amide bonds. The molecule has 4 aliphatic rings. The van der Waals surface area contributed by atoms with E-state index in [1.807, 2.05) is 0 Å². The van der Waals surface area contributed by atoms with E-state index in [0.29, 0.717) is 11.3 Å². The van der Waals surface area contributed by atoms with Gasteiger partial charge in [0.1, 0.15) is 0 Å². The molecule has 0 spiro atoms. The van der Waals surface area contributed by atoms with E-state index in [1.165, 1.54) is 25.7 Å². The van der Waals surface area contributed by atoms with Crippen molar-refractivity contribution in [1.82, 2.24) is 0 Å². The van der Waals surface area contributed by atoms with Crippen LogP contribution in [0, 0.1) is 29.1 Å². The molecule has 4 saturated carbocycles. The zero-order valence-corrected chi connectivity index (χ0v) is 10.5. The Labute approximate surface area is 98.9 Å². The Hall–Kier alpha value is -0.0800. The van der Waals surface area contributed by atoms with Gasteiger partial charge in [-0.2, -0.15) is 0 Å². The summed E-state index contributed by atoms with van der Waals surface area (Å²) in [4.78, 5) is 4.82. The van der Waals surface area contributed by atoms with Crippen LogP contribution in [0.3, 0.4) is 0 Å². The van der Waals surface area contributed by atoms with Crippen molar-refractivity contribution in [2.75, 3.05) is 6.61 Å². The molecule has 0 aromatic rings. The van der Waals surface area contributed by atoms with Crippen molar-refractivity contribution in [2.24, 2.45) is 35.0 Å². The highest BCUT2D eigenvalue weighted by Crippen LogP contribution is 2.61. The van der Waals surface area contributed by atoms with Crippen LogP contribution in [0.1, 0.15) is 51.9 Å². The Morgan fingerprint density at radius 2 is 1.62 bits per heavy atom. The van der Waals surface area contributed by atoms with Crippen LogP contribution in [0.25, 0.3) is 0 Å². The lowest BCUT2D eigenvalue weighted by Gasteiger charge is -2.57. The van der Waals surface area contributed by atoms with Gasteiger partial charge in [-0.05, 0) is 74.0 Å². The van der Waals surface area contributed by atoms with Crippen LogP contribution >= 0.6 is 0 Å². The predicted molar refractivity (Wildman–Crippen MR) is 64.5 cm³/mol. The van der Waals surface area contributed by atoms with Gasteiger partial charge in [0.2, 0.25) is 0 Å². The SMILES string of the molecule is CC(CON)CC12CC3CC(CC(C3)C1)C2. The summed E-state index contributed by atoms with van der Waals surface area (Å²) >= 11 is 0. The molecule has 92 valence electrons. The van der Waals surface area contributed by atoms with Crippen molar-refractivity contribution in [3.8, 4) is 0 Å². The normalized spacial score (nSPS) is 47.2. The minimum Gasteiger partial charge on any atom is -0.304 e. The summed E-state index contributed by atoms with van der Waals surface area (Å²) in [6.45, 7) is 3.03. The average molecular weight is 223 g/mol. The van der Waals surface area contributed by atoms with Gasteiger partial charge in [0.05, 0.1) is 6.61 Å². The molecule has 2 heteroatoms. The Morgan fingerprint density at radius 1 is 1.12 bits per heavy atom. The van der Waals surface area contributed by atoms with Crippen molar-refractivity contribution >= 4 is 0 Å². The van der Waals surface area contributed by atoms with E-state index < -0.39 is 0 Å². The lowest BCUT2D eigenvalue weighted by molar-refractivity contribution is -0.0697. The van der Waals surface area contributed by atoms with E-state index in [9.17, 15) is 0 Å². The monoisotopic (exact) mass is 223 g/mol. The Bertz CT molecular complexity index is 228. The van der Waals surface area contributed by atoms with E-state index in [-0.39, 0.29) is 0 Å². The molecule has 4 aliphatic carbocycles. The Morgan fingerprint density at radius 3 is 2.06 bits per heavy atom. The molecule has 4 fully saturated rings. The van der Waals surface area contributed by atoms with Gasteiger partial charge in [-0.3, -0.25) is 0 Å². The second-order valence-electron chi connectivity index (χ2n) is 7.06. The van der Waals surface area contributed by atoms with Gasteiger partial charge >= 0.3 is 0 Å². The second kappa shape index (κ2) is 3.99. The van der Waals surface area contributed by atoms with Gasteiger partial charge in [-0.1, -0.05) is 6.92 Å². The fourth-order valence-electron chi connectivity index (χ4n) is 5.50. The average Bonchev–Trinajstić information content (AvgIpc) is 2.13. The maximum Gasteiger partial charge on any atom is 0.0704 e. The molecule has 16 heavy (non-hydrogen) atoms. The molecular weight excluding hydrogens is 198 g/mol. The first-order chi connectivity index (χ1) is 7.69. The molecule has 0 saturated heterocycles. The van der Waals surface area contributed by atoms with Crippen LogP contribution in [0.2, 0.25) is 0 Å². The van der Waals surface area contributed by atoms with Gasteiger partial charge in [-0.25, -0.2) is 5.90 Å². The maximum atomic E-state index is 5.20. The first kappa shape index (κ1) is 11.0. The molecule has 2 N–H and O–H groups in total. The predicted octanol–water partition coefficient (Wildman–Crippen LogP) is 3.12. The quantitative estimate of drug-likeness (QED) is 0.743. The fourth-order valence-corrected chi connectivity index (χ4v) is 5.50. The van der Waals surface area contributed by atoms with Gasteiger partial charge in [0.25, 0.3) is 0 Å². The zero-order valence-electron chi connectivity index (χ0n) is 10.5.